The highest BCUT2D eigenvalue weighted by atomic mass is 32.2. The highest BCUT2D eigenvalue weighted by Crippen LogP contribution is 2.28. The summed E-state index contributed by atoms with van der Waals surface area (Å²) >= 11 is 1.31. The summed E-state index contributed by atoms with van der Waals surface area (Å²) in [6, 6.07) is 11.9. The van der Waals surface area contributed by atoms with Crippen LogP contribution in [0.3, 0.4) is 0 Å². The van der Waals surface area contributed by atoms with E-state index in [0.717, 1.165) is 23.4 Å². The molecule has 0 aliphatic carbocycles. The number of pyridine rings is 1. The second-order valence-electron chi connectivity index (χ2n) is 5.67. The van der Waals surface area contributed by atoms with Gasteiger partial charge in [-0.15, -0.1) is 0 Å². The van der Waals surface area contributed by atoms with Gasteiger partial charge in [0.1, 0.15) is 11.1 Å². The molecule has 2 aromatic rings. The number of nitrogens with zero attached hydrogens (tertiary/aromatic N) is 2. The van der Waals surface area contributed by atoms with Gasteiger partial charge in [0.2, 0.25) is 5.91 Å². The molecule has 5 heteroatoms. The van der Waals surface area contributed by atoms with Gasteiger partial charge >= 0.3 is 0 Å². The van der Waals surface area contributed by atoms with Crippen LogP contribution in [0.25, 0.3) is 0 Å². The largest absolute Gasteiger partial charge is 0.325 e. The molecule has 0 radical (unpaired) electrons. The van der Waals surface area contributed by atoms with Crippen LogP contribution in [0.4, 0.5) is 5.69 Å². The fourth-order valence-electron chi connectivity index (χ4n) is 2.31. The molecule has 0 aliphatic rings. The Kier molecular flexibility index (Phi) is 5.99. The van der Waals surface area contributed by atoms with Crippen molar-refractivity contribution < 1.29 is 4.79 Å². The Morgan fingerprint density at radius 3 is 2.58 bits per heavy atom. The monoisotopic (exact) mass is 339 g/mol. The molecule has 0 fully saturated rings. The van der Waals surface area contributed by atoms with Gasteiger partial charge in [-0.25, -0.2) is 4.98 Å². The molecule has 1 amide bonds. The number of nitriles is 1. The smallest absolute Gasteiger partial charge is 0.237 e. The second kappa shape index (κ2) is 7.98. The minimum absolute atomic E-state index is 0.103. The minimum atomic E-state index is -0.350. The van der Waals surface area contributed by atoms with Crippen molar-refractivity contribution in [3.63, 3.8) is 0 Å². The van der Waals surface area contributed by atoms with Crippen molar-refractivity contribution in [3.8, 4) is 6.07 Å². The Balaban J connectivity index is 2.10. The SMILES string of the molecule is CCc1ccc(NC(=O)[C@H](C)Sc2nc(C)cc(C)c2C#N)cc1. The van der Waals surface area contributed by atoms with Crippen LogP contribution >= 0.6 is 11.8 Å². The summed E-state index contributed by atoms with van der Waals surface area (Å²) in [5, 5.41) is 12.5. The number of thioether (sulfide) groups is 1. The first kappa shape index (κ1) is 18.0. The van der Waals surface area contributed by atoms with Crippen LogP contribution in [-0.4, -0.2) is 16.1 Å². The van der Waals surface area contributed by atoms with Gasteiger partial charge in [0.25, 0.3) is 0 Å². The molecule has 0 aliphatic heterocycles. The summed E-state index contributed by atoms with van der Waals surface area (Å²) in [4.78, 5) is 16.8. The molecule has 24 heavy (non-hydrogen) atoms. The number of carbonyl (C=O) groups excluding carboxylic acids is 1. The van der Waals surface area contributed by atoms with E-state index in [1.54, 1.807) is 0 Å². The molecule has 0 saturated heterocycles. The van der Waals surface area contributed by atoms with Crippen molar-refractivity contribution >= 4 is 23.4 Å². The maximum Gasteiger partial charge on any atom is 0.237 e. The third-order valence-corrected chi connectivity index (χ3v) is 4.80. The van der Waals surface area contributed by atoms with Crippen LogP contribution in [0.5, 0.6) is 0 Å². The molecule has 1 aromatic carbocycles. The van der Waals surface area contributed by atoms with Crippen LogP contribution in [0.15, 0.2) is 35.4 Å². The molecule has 0 bridgehead atoms. The zero-order chi connectivity index (χ0) is 17.7. The summed E-state index contributed by atoms with van der Waals surface area (Å²) < 4.78 is 0. The topological polar surface area (TPSA) is 65.8 Å². The predicted molar refractivity (Wildman–Crippen MR) is 98.2 cm³/mol. The predicted octanol–water partition coefficient (Wildman–Crippen LogP) is 4.25. The van der Waals surface area contributed by atoms with E-state index in [1.165, 1.54) is 17.3 Å². The number of anilines is 1. The van der Waals surface area contributed by atoms with Crippen molar-refractivity contribution in [3.05, 3.63) is 52.7 Å². The fraction of sp³-hybridized carbons (Fsp3) is 0.316. The Morgan fingerprint density at radius 1 is 1.33 bits per heavy atom. The van der Waals surface area contributed by atoms with Gasteiger partial charge in [-0.1, -0.05) is 30.8 Å². The Labute approximate surface area is 147 Å². The third-order valence-electron chi connectivity index (χ3n) is 3.71. The summed E-state index contributed by atoms with van der Waals surface area (Å²) in [7, 11) is 0. The van der Waals surface area contributed by atoms with Crippen molar-refractivity contribution in [2.24, 2.45) is 0 Å². The molecule has 1 aromatic heterocycles. The van der Waals surface area contributed by atoms with Crippen molar-refractivity contribution in [2.45, 2.75) is 44.4 Å². The number of hydrogen-bond acceptors (Lipinski definition) is 4. The summed E-state index contributed by atoms with van der Waals surface area (Å²) in [6.07, 6.45) is 0.968. The number of hydrogen-bond donors (Lipinski definition) is 1. The zero-order valence-electron chi connectivity index (χ0n) is 14.4. The highest BCUT2D eigenvalue weighted by molar-refractivity contribution is 8.00. The average Bonchev–Trinajstić information content (AvgIpc) is 2.55. The van der Waals surface area contributed by atoms with Crippen molar-refractivity contribution in [1.82, 2.24) is 4.98 Å². The van der Waals surface area contributed by atoms with Gasteiger partial charge in [0.15, 0.2) is 0 Å². The Hall–Kier alpha value is -2.32. The van der Waals surface area contributed by atoms with Crippen LogP contribution in [-0.2, 0) is 11.2 Å². The Bertz CT molecular complexity index is 778. The maximum absolute atomic E-state index is 12.4. The lowest BCUT2D eigenvalue weighted by molar-refractivity contribution is -0.115. The second-order valence-corrected chi connectivity index (χ2v) is 7.00. The van der Waals surface area contributed by atoms with Gasteiger partial charge < -0.3 is 5.32 Å². The average molecular weight is 339 g/mol. The summed E-state index contributed by atoms with van der Waals surface area (Å²) in [5.41, 5.74) is 4.27. The lowest BCUT2D eigenvalue weighted by Gasteiger charge is -2.14. The molecular formula is C19H21N3OS. The quantitative estimate of drug-likeness (QED) is 0.827. The molecule has 1 heterocycles. The van der Waals surface area contributed by atoms with E-state index >= 15 is 0 Å². The minimum Gasteiger partial charge on any atom is -0.325 e. The van der Waals surface area contributed by atoms with Crippen LogP contribution in [0.2, 0.25) is 0 Å². The lowest BCUT2D eigenvalue weighted by atomic mass is 10.1. The molecule has 0 unspecified atom stereocenters. The number of carbonyl (C=O) groups is 1. The fourth-order valence-corrected chi connectivity index (χ4v) is 3.33. The highest BCUT2D eigenvalue weighted by Gasteiger charge is 2.19. The van der Waals surface area contributed by atoms with E-state index in [9.17, 15) is 10.1 Å². The number of benzene rings is 1. The maximum atomic E-state index is 12.4. The molecule has 4 nitrogen and oxygen atoms in total. The van der Waals surface area contributed by atoms with Crippen molar-refractivity contribution in [1.29, 1.82) is 5.26 Å². The normalized spacial score (nSPS) is 11.6. The van der Waals surface area contributed by atoms with E-state index in [-0.39, 0.29) is 11.2 Å². The molecule has 124 valence electrons. The molecule has 0 saturated carbocycles. The zero-order valence-corrected chi connectivity index (χ0v) is 15.2. The lowest BCUT2D eigenvalue weighted by Crippen LogP contribution is -2.22. The first-order valence-electron chi connectivity index (χ1n) is 7.89. The van der Waals surface area contributed by atoms with E-state index < -0.39 is 0 Å². The molecule has 0 spiro atoms. The van der Waals surface area contributed by atoms with Gasteiger partial charge in [-0.05, 0) is 56.5 Å². The van der Waals surface area contributed by atoms with Gasteiger partial charge in [0, 0.05) is 11.4 Å². The molecule has 2 rings (SSSR count). The third kappa shape index (κ3) is 4.36. The Morgan fingerprint density at radius 2 is 2.00 bits per heavy atom. The number of aromatic nitrogens is 1. The van der Waals surface area contributed by atoms with E-state index in [0.29, 0.717) is 10.6 Å². The molecule has 1 N–H and O–H groups in total. The van der Waals surface area contributed by atoms with Crippen LogP contribution < -0.4 is 5.32 Å². The number of nitrogens with one attached hydrogen (secondary N) is 1. The molecular weight excluding hydrogens is 318 g/mol. The van der Waals surface area contributed by atoms with Crippen LogP contribution in [0, 0.1) is 25.2 Å². The van der Waals surface area contributed by atoms with E-state index in [4.69, 9.17) is 0 Å². The van der Waals surface area contributed by atoms with Crippen molar-refractivity contribution in [2.75, 3.05) is 5.32 Å². The number of amides is 1. The van der Waals surface area contributed by atoms with Gasteiger partial charge in [-0.2, -0.15) is 5.26 Å². The van der Waals surface area contributed by atoms with Gasteiger partial charge in [0.05, 0.1) is 10.8 Å². The standard InChI is InChI=1S/C19H21N3OS/c1-5-15-6-8-16(9-7-15)22-18(23)14(4)24-19-17(11-20)12(2)10-13(3)21-19/h6-10,14H,5H2,1-4H3,(H,22,23)/t14-/m0/s1. The van der Waals surface area contributed by atoms with E-state index in [1.807, 2.05) is 51.1 Å². The first-order valence-corrected chi connectivity index (χ1v) is 8.77. The number of rotatable bonds is 5. The number of aryl methyl sites for hydroxylation is 3. The summed E-state index contributed by atoms with van der Waals surface area (Å²) in [5.74, 6) is -0.103. The summed E-state index contributed by atoms with van der Waals surface area (Å²) in [6.45, 7) is 7.69. The molecule has 1 atom stereocenters. The van der Waals surface area contributed by atoms with Crippen LogP contribution in [0.1, 0.15) is 36.2 Å². The van der Waals surface area contributed by atoms with Gasteiger partial charge in [-0.3, -0.25) is 4.79 Å². The van der Waals surface area contributed by atoms with E-state index in [2.05, 4.69) is 23.3 Å². The first-order chi connectivity index (χ1) is 11.4.